The Labute approximate surface area is 136 Å². The first-order chi connectivity index (χ1) is 11.3. The van der Waals surface area contributed by atoms with Crippen LogP contribution in [0.3, 0.4) is 0 Å². The first kappa shape index (κ1) is 16.0. The van der Waals surface area contributed by atoms with Crippen LogP contribution in [0.2, 0.25) is 0 Å². The van der Waals surface area contributed by atoms with E-state index in [1.807, 2.05) is 16.0 Å². The molecule has 7 nitrogen and oxygen atoms in total. The molecular formula is C16H24N4O3. The number of aromatic nitrogens is 2. The van der Waals surface area contributed by atoms with E-state index in [1.54, 1.807) is 12.3 Å². The summed E-state index contributed by atoms with van der Waals surface area (Å²) in [5, 5.41) is 0. The average Bonchev–Trinajstić information content (AvgIpc) is 2.94. The van der Waals surface area contributed by atoms with Crippen molar-refractivity contribution in [3.8, 4) is 0 Å². The van der Waals surface area contributed by atoms with Gasteiger partial charge in [-0.15, -0.1) is 6.58 Å². The van der Waals surface area contributed by atoms with Crippen LogP contribution in [0.4, 0.5) is 4.79 Å². The summed E-state index contributed by atoms with van der Waals surface area (Å²) in [6.07, 6.45) is 5.51. The number of carbonyl (C=O) groups is 1. The third-order valence-electron chi connectivity index (χ3n) is 4.21. The predicted molar refractivity (Wildman–Crippen MR) is 84.9 cm³/mol. The van der Waals surface area contributed by atoms with E-state index in [4.69, 9.17) is 9.47 Å². The van der Waals surface area contributed by atoms with Gasteiger partial charge in [0.25, 0.3) is 0 Å². The second-order valence-corrected chi connectivity index (χ2v) is 5.95. The minimum absolute atomic E-state index is 0.0680. The van der Waals surface area contributed by atoms with E-state index < -0.39 is 0 Å². The molecule has 1 fully saturated rings. The molecule has 126 valence electrons. The van der Waals surface area contributed by atoms with Gasteiger partial charge in [0.2, 0.25) is 0 Å². The van der Waals surface area contributed by atoms with Gasteiger partial charge < -0.3 is 23.8 Å². The van der Waals surface area contributed by atoms with Crippen LogP contribution < -0.4 is 0 Å². The van der Waals surface area contributed by atoms with Crippen molar-refractivity contribution in [2.24, 2.45) is 5.92 Å². The van der Waals surface area contributed by atoms with Crippen molar-refractivity contribution in [3.63, 3.8) is 0 Å². The first-order valence-electron chi connectivity index (χ1n) is 8.08. The smallest absolute Gasteiger partial charge is 0.320 e. The molecule has 1 saturated heterocycles. The number of urea groups is 1. The Morgan fingerprint density at radius 3 is 3.00 bits per heavy atom. The van der Waals surface area contributed by atoms with Crippen LogP contribution in [0.5, 0.6) is 0 Å². The summed E-state index contributed by atoms with van der Waals surface area (Å²) in [5.74, 6) is 1.17. The number of morpholine rings is 1. The lowest BCUT2D eigenvalue weighted by atomic mass is 10.1. The quantitative estimate of drug-likeness (QED) is 0.613. The van der Waals surface area contributed by atoms with Gasteiger partial charge in [-0.25, -0.2) is 9.78 Å². The molecule has 1 aromatic heterocycles. The minimum Gasteiger partial charge on any atom is -0.378 e. The maximum absolute atomic E-state index is 12.8. The normalized spacial score (nSPS) is 21.7. The first-order valence-corrected chi connectivity index (χ1v) is 8.08. The maximum Gasteiger partial charge on any atom is 0.320 e. The highest BCUT2D eigenvalue weighted by Crippen LogP contribution is 2.18. The van der Waals surface area contributed by atoms with E-state index in [9.17, 15) is 4.79 Å². The number of nitrogens with zero attached hydrogens (tertiary/aromatic N) is 4. The van der Waals surface area contributed by atoms with Crippen LogP contribution in [0.1, 0.15) is 5.82 Å². The summed E-state index contributed by atoms with van der Waals surface area (Å²) in [5.41, 5.74) is 0. The lowest BCUT2D eigenvalue weighted by Gasteiger charge is -2.33. The molecule has 7 heteroatoms. The summed E-state index contributed by atoms with van der Waals surface area (Å²) in [6.45, 7) is 9.38. The Bertz CT molecular complexity index is 539. The number of hydrogen-bond donors (Lipinski definition) is 0. The zero-order chi connectivity index (χ0) is 16.1. The SMILES string of the molecule is C=CCOC[C@H]1CN(C(=O)N2CCOCC2)Cc2nccn2C1. The molecule has 0 aromatic carbocycles. The second kappa shape index (κ2) is 7.61. The largest absolute Gasteiger partial charge is 0.378 e. The fraction of sp³-hybridized carbons (Fsp3) is 0.625. The van der Waals surface area contributed by atoms with E-state index in [1.165, 1.54) is 0 Å². The number of imidazole rings is 1. The standard InChI is InChI=1S/C16H24N4O3/c1-2-7-23-13-14-10-19-4-3-17-15(19)12-20(11-14)16(21)18-5-8-22-9-6-18/h2-4,14H,1,5-13H2/t14-/m1/s1. The summed E-state index contributed by atoms with van der Waals surface area (Å²) in [4.78, 5) is 21.0. The fourth-order valence-electron chi connectivity index (χ4n) is 3.06. The third-order valence-corrected chi connectivity index (χ3v) is 4.21. The zero-order valence-electron chi connectivity index (χ0n) is 13.4. The van der Waals surface area contributed by atoms with Gasteiger partial charge in [0.1, 0.15) is 5.82 Å². The van der Waals surface area contributed by atoms with E-state index in [0.717, 1.165) is 12.4 Å². The lowest BCUT2D eigenvalue weighted by Crippen LogP contribution is -2.49. The van der Waals surface area contributed by atoms with E-state index >= 15 is 0 Å². The minimum atomic E-state index is 0.0680. The molecule has 2 aliphatic heterocycles. The average molecular weight is 320 g/mol. The number of carbonyl (C=O) groups excluding carboxylic acids is 1. The summed E-state index contributed by atoms with van der Waals surface area (Å²) in [6, 6.07) is 0.0680. The summed E-state index contributed by atoms with van der Waals surface area (Å²) >= 11 is 0. The van der Waals surface area contributed by atoms with Crippen molar-refractivity contribution < 1.29 is 14.3 Å². The monoisotopic (exact) mass is 320 g/mol. The number of hydrogen-bond acceptors (Lipinski definition) is 4. The van der Waals surface area contributed by atoms with Crippen LogP contribution >= 0.6 is 0 Å². The molecule has 2 aliphatic rings. The van der Waals surface area contributed by atoms with Crippen LogP contribution in [0.25, 0.3) is 0 Å². The van der Waals surface area contributed by atoms with Gasteiger partial charge in [0.15, 0.2) is 0 Å². The van der Waals surface area contributed by atoms with Crippen molar-refractivity contribution in [3.05, 3.63) is 30.9 Å². The molecule has 0 spiro atoms. The fourth-order valence-corrected chi connectivity index (χ4v) is 3.06. The Balaban J connectivity index is 1.70. The summed E-state index contributed by atoms with van der Waals surface area (Å²) in [7, 11) is 0. The van der Waals surface area contributed by atoms with Crippen LogP contribution in [-0.4, -0.2) is 71.4 Å². The van der Waals surface area contributed by atoms with Crippen molar-refractivity contribution >= 4 is 6.03 Å². The van der Waals surface area contributed by atoms with Crippen LogP contribution in [-0.2, 0) is 22.6 Å². The van der Waals surface area contributed by atoms with Gasteiger partial charge >= 0.3 is 6.03 Å². The van der Waals surface area contributed by atoms with Crippen molar-refractivity contribution in [1.29, 1.82) is 0 Å². The molecule has 2 amide bonds. The molecule has 0 N–H and O–H groups in total. The molecule has 0 saturated carbocycles. The highest BCUT2D eigenvalue weighted by Gasteiger charge is 2.29. The molecule has 3 heterocycles. The Morgan fingerprint density at radius 2 is 2.22 bits per heavy atom. The third kappa shape index (κ3) is 3.92. The van der Waals surface area contributed by atoms with Crippen LogP contribution in [0.15, 0.2) is 25.0 Å². The second-order valence-electron chi connectivity index (χ2n) is 5.95. The van der Waals surface area contributed by atoms with Gasteiger partial charge in [0, 0.05) is 44.5 Å². The van der Waals surface area contributed by atoms with E-state index in [2.05, 4.69) is 16.1 Å². The van der Waals surface area contributed by atoms with Crippen molar-refractivity contribution in [1.82, 2.24) is 19.4 Å². The molecule has 23 heavy (non-hydrogen) atoms. The molecule has 0 radical (unpaired) electrons. The van der Waals surface area contributed by atoms with Gasteiger partial charge in [-0.3, -0.25) is 0 Å². The van der Waals surface area contributed by atoms with Crippen LogP contribution in [0, 0.1) is 5.92 Å². The van der Waals surface area contributed by atoms with E-state index in [0.29, 0.717) is 52.6 Å². The van der Waals surface area contributed by atoms with Gasteiger partial charge in [-0.2, -0.15) is 0 Å². The van der Waals surface area contributed by atoms with Gasteiger partial charge in [0.05, 0.1) is 33.0 Å². The molecule has 0 unspecified atom stereocenters. The number of rotatable bonds is 4. The number of amides is 2. The van der Waals surface area contributed by atoms with Crippen molar-refractivity contribution in [2.45, 2.75) is 13.1 Å². The molecule has 1 atom stereocenters. The van der Waals surface area contributed by atoms with Gasteiger partial charge in [-0.1, -0.05) is 6.08 Å². The summed E-state index contributed by atoms with van der Waals surface area (Å²) < 4.78 is 13.1. The molecule has 0 aliphatic carbocycles. The molecule has 3 rings (SSSR count). The predicted octanol–water partition coefficient (Wildman–Crippen LogP) is 0.970. The Hall–Kier alpha value is -1.86. The zero-order valence-corrected chi connectivity index (χ0v) is 13.4. The topological polar surface area (TPSA) is 59.8 Å². The lowest BCUT2D eigenvalue weighted by molar-refractivity contribution is 0.0386. The molecular weight excluding hydrogens is 296 g/mol. The van der Waals surface area contributed by atoms with Crippen molar-refractivity contribution in [2.75, 3.05) is 46.1 Å². The maximum atomic E-state index is 12.8. The van der Waals surface area contributed by atoms with Gasteiger partial charge in [-0.05, 0) is 0 Å². The highest BCUT2D eigenvalue weighted by molar-refractivity contribution is 5.74. The Morgan fingerprint density at radius 1 is 1.39 bits per heavy atom. The molecule has 0 bridgehead atoms. The molecule has 1 aromatic rings. The van der Waals surface area contributed by atoms with E-state index in [-0.39, 0.29) is 11.9 Å². The number of ether oxygens (including phenoxy) is 2. The highest BCUT2D eigenvalue weighted by atomic mass is 16.5. The number of fused-ring (bicyclic) bond motifs is 1. The Kier molecular flexibility index (Phi) is 5.30.